The molecular formula is C21H26N4O5S2. The Morgan fingerprint density at radius 1 is 1.00 bits per heavy atom. The van der Waals surface area contributed by atoms with Crippen LogP contribution in [0.25, 0.3) is 0 Å². The van der Waals surface area contributed by atoms with E-state index in [0.717, 1.165) is 32.1 Å². The van der Waals surface area contributed by atoms with Gasteiger partial charge in [0.1, 0.15) is 5.84 Å². The molecular weight excluding hydrogens is 452 g/mol. The molecule has 9 nitrogen and oxygen atoms in total. The summed E-state index contributed by atoms with van der Waals surface area (Å²) in [5.74, 6) is -0.0566. The predicted octanol–water partition coefficient (Wildman–Crippen LogP) is 2.90. The summed E-state index contributed by atoms with van der Waals surface area (Å²) < 4.78 is 55.2. The molecule has 1 heterocycles. The number of carbonyl (C=O) groups excluding carboxylic acids is 1. The van der Waals surface area contributed by atoms with E-state index in [4.69, 9.17) is 0 Å². The molecule has 1 aliphatic rings. The zero-order valence-corrected chi connectivity index (χ0v) is 19.5. The number of carbonyl (C=O) groups is 1. The lowest BCUT2D eigenvalue weighted by Crippen LogP contribution is -2.26. The zero-order valence-electron chi connectivity index (χ0n) is 17.9. The van der Waals surface area contributed by atoms with Crippen LogP contribution >= 0.6 is 0 Å². The van der Waals surface area contributed by atoms with Crippen molar-refractivity contribution in [2.24, 2.45) is 4.40 Å². The Labute approximate surface area is 188 Å². The van der Waals surface area contributed by atoms with E-state index in [0.29, 0.717) is 12.3 Å². The van der Waals surface area contributed by atoms with Crippen LogP contribution in [0.3, 0.4) is 0 Å². The van der Waals surface area contributed by atoms with Crippen molar-refractivity contribution >= 4 is 43.2 Å². The quantitative estimate of drug-likeness (QED) is 0.658. The Kier molecular flexibility index (Phi) is 7.19. The Bertz CT molecular complexity index is 1240. The molecule has 3 rings (SSSR count). The van der Waals surface area contributed by atoms with Gasteiger partial charge in [0.2, 0.25) is 10.0 Å². The van der Waals surface area contributed by atoms with Crippen molar-refractivity contribution < 1.29 is 21.6 Å². The minimum atomic E-state index is -3.96. The van der Waals surface area contributed by atoms with Gasteiger partial charge in [-0.05, 0) is 43.2 Å². The first-order chi connectivity index (χ1) is 15.0. The normalized spacial score (nSPS) is 16.4. The van der Waals surface area contributed by atoms with Gasteiger partial charge >= 0.3 is 0 Å². The maximum absolute atomic E-state index is 12.9. The van der Waals surface area contributed by atoms with Crippen LogP contribution < -0.4 is 10.0 Å². The van der Waals surface area contributed by atoms with E-state index >= 15 is 0 Å². The summed E-state index contributed by atoms with van der Waals surface area (Å²) >= 11 is 0. The van der Waals surface area contributed by atoms with Gasteiger partial charge in [0.15, 0.2) is 0 Å². The minimum Gasteiger partial charge on any atom is -0.362 e. The summed E-state index contributed by atoms with van der Waals surface area (Å²) in [5.41, 5.74) is 0.477. The monoisotopic (exact) mass is 478 g/mol. The van der Waals surface area contributed by atoms with Crippen molar-refractivity contribution in [3.05, 3.63) is 54.1 Å². The molecule has 0 aliphatic carbocycles. The van der Waals surface area contributed by atoms with E-state index in [9.17, 15) is 21.6 Å². The van der Waals surface area contributed by atoms with Crippen LogP contribution in [0.4, 0.5) is 11.4 Å². The average Bonchev–Trinajstić information content (AvgIpc) is 2.91. The molecule has 0 atom stereocenters. The highest BCUT2D eigenvalue weighted by Gasteiger charge is 2.20. The number of likely N-dealkylation sites (tertiary alicyclic amines) is 1. The number of nitrogens with one attached hydrogen (secondary N) is 2. The molecule has 0 unspecified atom stereocenters. The molecule has 2 N–H and O–H groups in total. The van der Waals surface area contributed by atoms with Gasteiger partial charge in [-0.2, -0.15) is 8.42 Å². The van der Waals surface area contributed by atoms with Crippen LogP contribution in [0.15, 0.2) is 57.8 Å². The van der Waals surface area contributed by atoms with Gasteiger partial charge in [-0.15, -0.1) is 4.40 Å². The molecule has 2 aromatic carbocycles. The third-order valence-electron chi connectivity index (χ3n) is 4.92. The second kappa shape index (κ2) is 9.70. The van der Waals surface area contributed by atoms with Gasteiger partial charge < -0.3 is 10.2 Å². The number of amides is 1. The van der Waals surface area contributed by atoms with Crippen LogP contribution in [0.5, 0.6) is 0 Å². The van der Waals surface area contributed by atoms with Gasteiger partial charge in [-0.1, -0.05) is 24.6 Å². The topological polar surface area (TPSA) is 125 Å². The largest absolute Gasteiger partial charge is 0.362 e. The molecule has 11 heteroatoms. The maximum Gasteiger partial charge on any atom is 0.284 e. The maximum atomic E-state index is 12.9. The van der Waals surface area contributed by atoms with Crippen LogP contribution in [0.2, 0.25) is 0 Å². The van der Waals surface area contributed by atoms with Crippen molar-refractivity contribution in [2.75, 3.05) is 29.9 Å². The molecule has 0 aromatic heterocycles. The third-order valence-corrected chi connectivity index (χ3v) is 6.81. The number of para-hydroxylation sites is 1. The van der Waals surface area contributed by atoms with Crippen molar-refractivity contribution in [2.45, 2.75) is 30.6 Å². The number of hydrogen-bond acceptors (Lipinski definition) is 5. The number of rotatable bonds is 6. The van der Waals surface area contributed by atoms with Gasteiger partial charge in [-0.3, -0.25) is 9.52 Å². The van der Waals surface area contributed by atoms with E-state index in [-0.39, 0.29) is 21.8 Å². The fourth-order valence-corrected chi connectivity index (χ4v) is 5.06. The first-order valence-corrected chi connectivity index (χ1v) is 13.4. The summed E-state index contributed by atoms with van der Waals surface area (Å²) in [6.07, 6.45) is 4.49. The van der Waals surface area contributed by atoms with Crippen molar-refractivity contribution in [3.8, 4) is 0 Å². The van der Waals surface area contributed by atoms with E-state index in [1.807, 2.05) is 11.9 Å². The zero-order chi connectivity index (χ0) is 23.4. The van der Waals surface area contributed by atoms with Crippen molar-refractivity contribution in [1.82, 2.24) is 4.90 Å². The molecule has 1 fully saturated rings. The molecule has 1 saturated heterocycles. The van der Waals surface area contributed by atoms with Crippen LogP contribution in [0.1, 0.15) is 36.0 Å². The summed E-state index contributed by atoms with van der Waals surface area (Å²) in [7, 11) is -5.71. The Morgan fingerprint density at radius 3 is 2.50 bits per heavy atom. The highest BCUT2D eigenvalue weighted by Crippen LogP contribution is 2.22. The number of sulfonamides is 2. The van der Waals surface area contributed by atoms with E-state index in [2.05, 4.69) is 14.4 Å². The number of anilines is 2. The fraction of sp³-hybridized carbons (Fsp3) is 0.333. The Morgan fingerprint density at radius 2 is 1.75 bits per heavy atom. The standard InChI is InChI=1S/C21H26N4O5S2/c1-25-14-7-3-4-13-20(25)24-32(29,30)17-10-8-9-16(15-17)22-21(26)18-11-5-6-12-19(18)23-31(2,27)28/h5-6,8-12,15,23H,3-4,7,13-14H2,1-2H3,(H,22,26)/b24-20+. The Hall–Kier alpha value is -2.92. The van der Waals surface area contributed by atoms with Crippen molar-refractivity contribution in [1.29, 1.82) is 0 Å². The first kappa shape index (κ1) is 23.7. The molecule has 32 heavy (non-hydrogen) atoms. The molecule has 2 aromatic rings. The second-order valence-corrected chi connectivity index (χ2v) is 11.0. The lowest BCUT2D eigenvalue weighted by molar-refractivity contribution is 0.102. The molecule has 0 saturated carbocycles. The van der Waals surface area contributed by atoms with Gasteiger partial charge in [0.05, 0.1) is 22.4 Å². The summed E-state index contributed by atoms with van der Waals surface area (Å²) in [4.78, 5) is 14.6. The highest BCUT2D eigenvalue weighted by molar-refractivity contribution is 7.92. The Balaban J connectivity index is 1.85. The van der Waals surface area contributed by atoms with Gasteiger partial charge in [-0.25, -0.2) is 8.42 Å². The van der Waals surface area contributed by atoms with Crippen LogP contribution in [0, 0.1) is 0 Å². The SMILES string of the molecule is CN1CCCCC/C1=N\S(=O)(=O)c1cccc(NC(=O)c2ccccc2NS(C)(=O)=O)c1. The predicted molar refractivity (Wildman–Crippen MR) is 125 cm³/mol. The lowest BCUT2D eigenvalue weighted by atomic mass is 10.1. The van der Waals surface area contributed by atoms with Gasteiger partial charge in [0.25, 0.3) is 15.9 Å². The van der Waals surface area contributed by atoms with Crippen molar-refractivity contribution in [3.63, 3.8) is 0 Å². The van der Waals surface area contributed by atoms with E-state index in [1.165, 1.54) is 30.3 Å². The molecule has 1 aliphatic heterocycles. The van der Waals surface area contributed by atoms with Crippen LogP contribution in [-0.4, -0.2) is 53.3 Å². The molecule has 0 spiro atoms. The van der Waals surface area contributed by atoms with Crippen LogP contribution in [-0.2, 0) is 20.0 Å². The lowest BCUT2D eigenvalue weighted by Gasteiger charge is -2.17. The minimum absolute atomic E-state index is 0.0389. The number of nitrogens with zero attached hydrogens (tertiary/aromatic N) is 2. The second-order valence-electron chi connectivity index (χ2n) is 7.62. The molecule has 0 radical (unpaired) electrons. The van der Waals surface area contributed by atoms with E-state index in [1.54, 1.807) is 18.2 Å². The fourth-order valence-electron chi connectivity index (χ4n) is 3.34. The number of benzene rings is 2. The van der Waals surface area contributed by atoms with Gasteiger partial charge in [0, 0.05) is 25.7 Å². The number of hydrogen-bond donors (Lipinski definition) is 2. The highest BCUT2D eigenvalue weighted by atomic mass is 32.2. The molecule has 172 valence electrons. The summed E-state index contributed by atoms with van der Waals surface area (Å²) in [6, 6.07) is 12.0. The smallest absolute Gasteiger partial charge is 0.284 e. The summed E-state index contributed by atoms with van der Waals surface area (Å²) in [6.45, 7) is 0.755. The summed E-state index contributed by atoms with van der Waals surface area (Å²) in [5, 5.41) is 2.62. The number of amidine groups is 1. The molecule has 0 bridgehead atoms. The average molecular weight is 479 g/mol. The molecule has 1 amide bonds. The first-order valence-electron chi connectivity index (χ1n) is 10.1. The van der Waals surface area contributed by atoms with E-state index < -0.39 is 26.0 Å². The third kappa shape index (κ3) is 6.30.